The third-order valence-electron chi connectivity index (χ3n) is 3.57. The van der Waals surface area contributed by atoms with Gasteiger partial charge in [-0.25, -0.2) is 0 Å². The first-order valence-electron chi connectivity index (χ1n) is 6.79. The highest BCUT2D eigenvalue weighted by Crippen LogP contribution is 2.35. The Morgan fingerprint density at radius 3 is 2.68 bits per heavy atom. The lowest BCUT2D eigenvalue weighted by Gasteiger charge is -2.32. The topological polar surface area (TPSA) is 21.3 Å². The van der Waals surface area contributed by atoms with Gasteiger partial charge in [-0.05, 0) is 41.5 Å². The summed E-state index contributed by atoms with van der Waals surface area (Å²) in [6, 6.07) is 5.55. The summed E-state index contributed by atoms with van der Waals surface area (Å²) in [5, 5.41) is 3.49. The Balaban J connectivity index is 2.30. The predicted octanol–water partition coefficient (Wildman–Crippen LogP) is 4.08. The molecule has 0 spiro atoms. The minimum absolute atomic E-state index is 0.229. The van der Waals surface area contributed by atoms with Crippen LogP contribution in [0.15, 0.2) is 18.2 Å². The van der Waals surface area contributed by atoms with Gasteiger partial charge in [0.05, 0.1) is 0 Å². The van der Waals surface area contributed by atoms with Crippen molar-refractivity contribution in [3.63, 3.8) is 0 Å². The summed E-state index contributed by atoms with van der Waals surface area (Å²) >= 11 is 0. The summed E-state index contributed by atoms with van der Waals surface area (Å²) < 4.78 is 29.1. The number of rotatable bonds is 4. The Bertz CT molecular complexity index is 434. The van der Waals surface area contributed by atoms with Crippen molar-refractivity contribution in [2.45, 2.75) is 45.8 Å². The van der Waals surface area contributed by atoms with Gasteiger partial charge in [0.25, 0.3) is 0 Å². The molecule has 0 aromatic heterocycles. The average Bonchev–Trinajstić information content (AvgIpc) is 2.31. The lowest BCUT2D eigenvalue weighted by molar-refractivity contribution is -0.0499. The molecule has 1 aliphatic heterocycles. The number of hydrogen-bond acceptors (Lipinski definition) is 2. The fraction of sp³-hybridized carbons (Fsp3) is 0.600. The summed E-state index contributed by atoms with van der Waals surface area (Å²) in [6.07, 6.45) is 0.998. The van der Waals surface area contributed by atoms with E-state index in [0.29, 0.717) is 11.8 Å². The summed E-state index contributed by atoms with van der Waals surface area (Å²) in [4.78, 5) is 0. The number of hydrogen-bond donors (Lipinski definition) is 1. The molecule has 1 aliphatic rings. The molecule has 0 saturated heterocycles. The van der Waals surface area contributed by atoms with E-state index >= 15 is 0 Å². The Labute approximate surface area is 113 Å². The number of ether oxygens (including phenoxy) is 1. The fourth-order valence-electron chi connectivity index (χ4n) is 2.70. The van der Waals surface area contributed by atoms with Crippen LogP contribution in [-0.4, -0.2) is 13.2 Å². The van der Waals surface area contributed by atoms with Crippen LogP contribution in [0, 0.1) is 5.92 Å². The maximum Gasteiger partial charge on any atom is 0.387 e. The molecule has 19 heavy (non-hydrogen) atoms. The number of benzene rings is 1. The van der Waals surface area contributed by atoms with Gasteiger partial charge in [0.15, 0.2) is 0 Å². The molecule has 0 radical (unpaired) electrons. The second-order valence-electron chi connectivity index (χ2n) is 5.66. The summed E-state index contributed by atoms with van der Waals surface area (Å²) in [7, 11) is 0. The van der Waals surface area contributed by atoms with Crippen LogP contribution in [0.2, 0.25) is 0 Å². The standard InChI is InChI=1S/C15H21F2NO/c1-9(2)6-14-13-7-11(19-15(16)17)4-5-12(13)10(3)8-18-14/h4-5,7,9-10,14-15,18H,6,8H2,1-3H3. The largest absolute Gasteiger partial charge is 0.435 e. The van der Waals surface area contributed by atoms with Crippen LogP contribution in [0.4, 0.5) is 8.78 Å². The molecule has 2 nitrogen and oxygen atoms in total. The van der Waals surface area contributed by atoms with Crippen molar-refractivity contribution in [2.24, 2.45) is 5.92 Å². The molecule has 0 fully saturated rings. The molecule has 0 saturated carbocycles. The first-order valence-corrected chi connectivity index (χ1v) is 6.79. The summed E-state index contributed by atoms with van der Waals surface area (Å²) in [5.41, 5.74) is 2.34. The Hall–Kier alpha value is -1.16. The Kier molecular flexibility index (Phi) is 4.40. The molecule has 1 aromatic rings. The SMILES string of the molecule is CC(C)CC1NCC(C)c2ccc(OC(F)F)cc21. The smallest absolute Gasteiger partial charge is 0.387 e. The van der Waals surface area contributed by atoms with Crippen LogP contribution in [0.3, 0.4) is 0 Å². The minimum Gasteiger partial charge on any atom is -0.435 e. The third-order valence-corrected chi connectivity index (χ3v) is 3.57. The highest BCUT2D eigenvalue weighted by atomic mass is 19.3. The molecule has 0 aliphatic carbocycles. The van der Waals surface area contributed by atoms with E-state index in [4.69, 9.17) is 0 Å². The predicted molar refractivity (Wildman–Crippen MR) is 71.7 cm³/mol. The van der Waals surface area contributed by atoms with Crippen LogP contribution in [0.25, 0.3) is 0 Å². The molecule has 1 heterocycles. The van der Waals surface area contributed by atoms with Crippen molar-refractivity contribution in [1.82, 2.24) is 5.32 Å². The molecule has 0 amide bonds. The fourth-order valence-corrected chi connectivity index (χ4v) is 2.70. The van der Waals surface area contributed by atoms with Gasteiger partial charge in [-0.2, -0.15) is 8.78 Å². The maximum atomic E-state index is 12.3. The van der Waals surface area contributed by atoms with Crippen molar-refractivity contribution >= 4 is 0 Å². The molecular formula is C15H21F2NO. The van der Waals surface area contributed by atoms with Gasteiger partial charge < -0.3 is 10.1 Å². The van der Waals surface area contributed by atoms with Crippen molar-refractivity contribution in [3.8, 4) is 5.75 Å². The Morgan fingerprint density at radius 1 is 1.32 bits per heavy atom. The van der Waals surface area contributed by atoms with E-state index in [1.165, 1.54) is 5.56 Å². The molecule has 1 aromatic carbocycles. The van der Waals surface area contributed by atoms with E-state index in [-0.39, 0.29) is 11.8 Å². The van der Waals surface area contributed by atoms with Crippen molar-refractivity contribution < 1.29 is 13.5 Å². The molecular weight excluding hydrogens is 248 g/mol. The van der Waals surface area contributed by atoms with Gasteiger partial charge in [-0.15, -0.1) is 0 Å². The van der Waals surface area contributed by atoms with E-state index in [1.807, 2.05) is 6.07 Å². The van der Waals surface area contributed by atoms with E-state index in [0.717, 1.165) is 18.5 Å². The molecule has 2 atom stereocenters. The van der Waals surface area contributed by atoms with Gasteiger partial charge in [0.2, 0.25) is 0 Å². The number of nitrogens with one attached hydrogen (secondary N) is 1. The zero-order chi connectivity index (χ0) is 14.0. The lowest BCUT2D eigenvalue weighted by atomic mass is 9.84. The van der Waals surface area contributed by atoms with Gasteiger partial charge >= 0.3 is 6.61 Å². The maximum absolute atomic E-state index is 12.3. The van der Waals surface area contributed by atoms with E-state index in [1.54, 1.807) is 12.1 Å². The Morgan fingerprint density at radius 2 is 2.05 bits per heavy atom. The van der Waals surface area contributed by atoms with Crippen LogP contribution in [0.1, 0.15) is 50.3 Å². The van der Waals surface area contributed by atoms with Gasteiger partial charge in [0, 0.05) is 12.6 Å². The first kappa shape index (κ1) is 14.3. The van der Waals surface area contributed by atoms with Gasteiger partial charge in [-0.1, -0.05) is 26.8 Å². The quantitative estimate of drug-likeness (QED) is 0.889. The molecule has 4 heteroatoms. The van der Waals surface area contributed by atoms with Crippen LogP contribution >= 0.6 is 0 Å². The second-order valence-corrected chi connectivity index (χ2v) is 5.66. The minimum atomic E-state index is -2.77. The monoisotopic (exact) mass is 269 g/mol. The van der Waals surface area contributed by atoms with Gasteiger partial charge in [-0.3, -0.25) is 0 Å². The van der Waals surface area contributed by atoms with Crippen molar-refractivity contribution in [1.29, 1.82) is 0 Å². The average molecular weight is 269 g/mol. The molecule has 106 valence electrons. The van der Waals surface area contributed by atoms with Crippen molar-refractivity contribution in [3.05, 3.63) is 29.3 Å². The van der Waals surface area contributed by atoms with Crippen molar-refractivity contribution in [2.75, 3.05) is 6.54 Å². The van der Waals surface area contributed by atoms with E-state index < -0.39 is 6.61 Å². The molecule has 0 bridgehead atoms. The third kappa shape index (κ3) is 3.44. The van der Waals surface area contributed by atoms with Gasteiger partial charge in [0.1, 0.15) is 5.75 Å². The molecule has 1 N–H and O–H groups in total. The lowest BCUT2D eigenvalue weighted by Crippen LogP contribution is -2.32. The van der Waals surface area contributed by atoms with E-state index in [2.05, 4.69) is 30.8 Å². The zero-order valence-corrected chi connectivity index (χ0v) is 11.6. The number of fused-ring (bicyclic) bond motifs is 1. The molecule has 2 unspecified atom stereocenters. The van der Waals surface area contributed by atoms with E-state index in [9.17, 15) is 8.78 Å². The first-order chi connectivity index (χ1) is 8.97. The van der Waals surface area contributed by atoms with Crippen LogP contribution in [-0.2, 0) is 0 Å². The van der Waals surface area contributed by atoms with Crippen LogP contribution in [0.5, 0.6) is 5.75 Å². The second kappa shape index (κ2) is 5.87. The highest BCUT2D eigenvalue weighted by molar-refractivity contribution is 5.41. The molecule has 2 rings (SSSR count). The van der Waals surface area contributed by atoms with Crippen LogP contribution < -0.4 is 10.1 Å². The summed E-state index contributed by atoms with van der Waals surface area (Å²) in [5.74, 6) is 1.20. The normalized spacial score (nSPS) is 22.7. The zero-order valence-electron chi connectivity index (χ0n) is 11.6. The number of alkyl halides is 2. The number of halogens is 2. The summed E-state index contributed by atoms with van der Waals surface area (Å²) in [6.45, 7) is 4.64. The highest BCUT2D eigenvalue weighted by Gasteiger charge is 2.25.